The second-order valence-corrected chi connectivity index (χ2v) is 7.55. The van der Waals surface area contributed by atoms with E-state index in [1.165, 1.54) is 49.8 Å². The van der Waals surface area contributed by atoms with Crippen LogP contribution < -0.4 is 5.32 Å². The average molecular weight is 279 g/mol. The SMILES string of the molecule is CCCNC(Cc1ccc(CC)s1)C1(C)CCCC1. The van der Waals surface area contributed by atoms with Crippen molar-refractivity contribution < 1.29 is 0 Å². The predicted octanol–water partition coefficient (Wildman–Crippen LogP) is 4.80. The highest BCUT2D eigenvalue weighted by molar-refractivity contribution is 7.11. The normalized spacial score (nSPS) is 19.7. The molecule has 1 aromatic heterocycles. The summed E-state index contributed by atoms with van der Waals surface area (Å²) < 4.78 is 0. The Kier molecular flexibility index (Phi) is 5.47. The molecule has 1 nitrogen and oxygen atoms in total. The van der Waals surface area contributed by atoms with Crippen molar-refractivity contribution in [2.45, 2.75) is 71.8 Å². The molecule has 2 rings (SSSR count). The van der Waals surface area contributed by atoms with Gasteiger partial charge in [-0.3, -0.25) is 0 Å². The fourth-order valence-corrected chi connectivity index (χ4v) is 4.34. The molecule has 19 heavy (non-hydrogen) atoms. The Balaban J connectivity index is 2.04. The molecular formula is C17H29NS. The average Bonchev–Trinajstić information content (AvgIpc) is 3.04. The Morgan fingerprint density at radius 2 is 1.89 bits per heavy atom. The van der Waals surface area contributed by atoms with Crippen molar-refractivity contribution >= 4 is 11.3 Å². The summed E-state index contributed by atoms with van der Waals surface area (Å²) in [6, 6.07) is 5.33. The number of hydrogen-bond donors (Lipinski definition) is 1. The third-order valence-corrected chi connectivity index (χ3v) is 5.95. The van der Waals surface area contributed by atoms with Crippen LogP contribution in [0.5, 0.6) is 0 Å². The summed E-state index contributed by atoms with van der Waals surface area (Å²) in [5, 5.41) is 3.83. The first-order valence-corrected chi connectivity index (χ1v) is 8.80. The van der Waals surface area contributed by atoms with Crippen LogP contribution in [0, 0.1) is 5.41 Å². The van der Waals surface area contributed by atoms with Gasteiger partial charge in [0.05, 0.1) is 0 Å². The third-order valence-electron chi connectivity index (χ3n) is 4.70. The van der Waals surface area contributed by atoms with Crippen LogP contribution in [0.25, 0.3) is 0 Å². The van der Waals surface area contributed by atoms with Crippen LogP contribution in [0.4, 0.5) is 0 Å². The first kappa shape index (κ1) is 15.1. The van der Waals surface area contributed by atoms with Crippen molar-refractivity contribution in [2.75, 3.05) is 6.54 Å². The molecule has 0 bridgehead atoms. The van der Waals surface area contributed by atoms with E-state index in [4.69, 9.17) is 0 Å². The van der Waals surface area contributed by atoms with Crippen molar-refractivity contribution in [3.05, 3.63) is 21.9 Å². The molecule has 1 aliphatic carbocycles. The van der Waals surface area contributed by atoms with Crippen LogP contribution in [0.15, 0.2) is 12.1 Å². The van der Waals surface area contributed by atoms with Gasteiger partial charge in [-0.1, -0.05) is 33.6 Å². The molecule has 1 fully saturated rings. The van der Waals surface area contributed by atoms with Crippen LogP contribution in [-0.2, 0) is 12.8 Å². The Morgan fingerprint density at radius 3 is 2.47 bits per heavy atom. The van der Waals surface area contributed by atoms with Crippen molar-refractivity contribution in [1.29, 1.82) is 0 Å². The molecule has 1 aliphatic rings. The van der Waals surface area contributed by atoms with Gasteiger partial charge in [-0.2, -0.15) is 0 Å². The molecule has 1 saturated carbocycles. The minimum absolute atomic E-state index is 0.519. The lowest BCUT2D eigenvalue weighted by Gasteiger charge is -2.35. The van der Waals surface area contributed by atoms with Gasteiger partial charge in [0.2, 0.25) is 0 Å². The summed E-state index contributed by atoms with van der Waals surface area (Å²) in [7, 11) is 0. The Hall–Kier alpha value is -0.340. The van der Waals surface area contributed by atoms with Gasteiger partial charge in [0.25, 0.3) is 0 Å². The standard InChI is InChI=1S/C17H29NS/c1-4-12-18-16(17(3)10-6-7-11-17)13-15-9-8-14(5-2)19-15/h8-9,16,18H,4-7,10-13H2,1-3H3. The number of rotatable bonds is 7. The van der Waals surface area contributed by atoms with Gasteiger partial charge >= 0.3 is 0 Å². The molecule has 1 N–H and O–H groups in total. The Bertz CT molecular complexity index is 376. The van der Waals surface area contributed by atoms with E-state index in [9.17, 15) is 0 Å². The van der Waals surface area contributed by atoms with Gasteiger partial charge < -0.3 is 5.32 Å². The molecule has 0 aliphatic heterocycles. The fraction of sp³-hybridized carbons (Fsp3) is 0.765. The molecule has 0 amide bonds. The Morgan fingerprint density at radius 1 is 1.21 bits per heavy atom. The molecule has 1 heterocycles. The molecule has 0 saturated heterocycles. The molecular weight excluding hydrogens is 250 g/mol. The van der Waals surface area contributed by atoms with Crippen molar-refractivity contribution in [2.24, 2.45) is 5.41 Å². The lowest BCUT2D eigenvalue weighted by atomic mass is 9.78. The second kappa shape index (κ2) is 6.90. The quantitative estimate of drug-likeness (QED) is 0.756. The number of thiophene rings is 1. The van der Waals surface area contributed by atoms with E-state index in [-0.39, 0.29) is 0 Å². The van der Waals surface area contributed by atoms with Crippen LogP contribution >= 0.6 is 11.3 Å². The van der Waals surface area contributed by atoms with Gasteiger partial charge in [-0.05, 0) is 56.2 Å². The minimum atomic E-state index is 0.519. The second-order valence-electron chi connectivity index (χ2n) is 6.29. The molecule has 108 valence electrons. The summed E-state index contributed by atoms with van der Waals surface area (Å²) in [5.41, 5.74) is 0.519. The van der Waals surface area contributed by atoms with Gasteiger partial charge in [-0.25, -0.2) is 0 Å². The van der Waals surface area contributed by atoms with Crippen LogP contribution in [0.3, 0.4) is 0 Å². The fourth-order valence-electron chi connectivity index (χ4n) is 3.34. The summed E-state index contributed by atoms with van der Waals surface area (Å²) in [5.74, 6) is 0. The zero-order valence-corrected chi connectivity index (χ0v) is 13.6. The number of aryl methyl sites for hydroxylation is 1. The summed E-state index contributed by atoms with van der Waals surface area (Å²) in [6.45, 7) is 8.18. The van der Waals surface area contributed by atoms with Crippen molar-refractivity contribution in [3.8, 4) is 0 Å². The summed E-state index contributed by atoms with van der Waals surface area (Å²) in [4.78, 5) is 3.10. The van der Waals surface area contributed by atoms with E-state index in [1.54, 1.807) is 4.88 Å². The van der Waals surface area contributed by atoms with Crippen molar-refractivity contribution in [1.82, 2.24) is 5.32 Å². The van der Waals surface area contributed by atoms with Gasteiger partial charge in [0, 0.05) is 15.8 Å². The molecule has 1 atom stereocenters. The zero-order valence-electron chi connectivity index (χ0n) is 12.8. The lowest BCUT2D eigenvalue weighted by molar-refractivity contribution is 0.220. The highest BCUT2D eigenvalue weighted by atomic mass is 32.1. The zero-order chi connectivity index (χ0) is 13.7. The van der Waals surface area contributed by atoms with Crippen LogP contribution in [0.2, 0.25) is 0 Å². The van der Waals surface area contributed by atoms with E-state index in [0.29, 0.717) is 11.5 Å². The smallest absolute Gasteiger partial charge is 0.0169 e. The van der Waals surface area contributed by atoms with E-state index < -0.39 is 0 Å². The number of hydrogen-bond acceptors (Lipinski definition) is 2. The van der Waals surface area contributed by atoms with Crippen LogP contribution in [0.1, 0.15) is 62.6 Å². The van der Waals surface area contributed by atoms with E-state index >= 15 is 0 Å². The topological polar surface area (TPSA) is 12.0 Å². The van der Waals surface area contributed by atoms with Crippen molar-refractivity contribution in [3.63, 3.8) is 0 Å². The molecule has 1 aromatic rings. The minimum Gasteiger partial charge on any atom is -0.313 e. The molecule has 2 heteroatoms. The summed E-state index contributed by atoms with van der Waals surface area (Å²) in [6.07, 6.45) is 9.28. The predicted molar refractivity (Wildman–Crippen MR) is 86.1 cm³/mol. The maximum absolute atomic E-state index is 3.83. The molecule has 0 aromatic carbocycles. The third kappa shape index (κ3) is 3.82. The monoisotopic (exact) mass is 279 g/mol. The molecule has 0 radical (unpaired) electrons. The lowest BCUT2D eigenvalue weighted by Crippen LogP contribution is -2.44. The van der Waals surface area contributed by atoms with Crippen LogP contribution in [-0.4, -0.2) is 12.6 Å². The highest BCUT2D eigenvalue weighted by Gasteiger charge is 2.36. The first-order valence-electron chi connectivity index (χ1n) is 7.99. The highest BCUT2D eigenvalue weighted by Crippen LogP contribution is 2.42. The van der Waals surface area contributed by atoms with Gasteiger partial charge in [0.15, 0.2) is 0 Å². The largest absolute Gasteiger partial charge is 0.313 e. The maximum Gasteiger partial charge on any atom is 0.0169 e. The molecule has 0 spiro atoms. The Labute approximate surface area is 122 Å². The summed E-state index contributed by atoms with van der Waals surface area (Å²) >= 11 is 2.01. The van der Waals surface area contributed by atoms with E-state index in [0.717, 1.165) is 6.54 Å². The van der Waals surface area contributed by atoms with E-state index in [1.807, 2.05) is 11.3 Å². The number of nitrogens with one attached hydrogen (secondary N) is 1. The first-order chi connectivity index (χ1) is 9.18. The van der Waals surface area contributed by atoms with Gasteiger partial charge in [0.1, 0.15) is 0 Å². The van der Waals surface area contributed by atoms with E-state index in [2.05, 4.69) is 38.2 Å². The maximum atomic E-state index is 3.83. The van der Waals surface area contributed by atoms with Gasteiger partial charge in [-0.15, -0.1) is 11.3 Å². The molecule has 1 unspecified atom stereocenters.